The molecule has 0 amide bonds. The molecule has 0 aliphatic carbocycles. The van der Waals surface area contributed by atoms with E-state index in [0.29, 0.717) is 6.29 Å². The molecule has 1 aliphatic heterocycles. The number of hydrogen-bond acceptors (Lipinski definition) is 6. The number of nitrogens with one attached hydrogen (secondary N) is 1. The SMILES string of the molecule is O=Cc1cc(=O)[nH]c(=O)n1[C@H]1O[C@@H](CO)CC1O. The summed E-state index contributed by atoms with van der Waals surface area (Å²) in [6.07, 6.45) is -2.26. The lowest BCUT2D eigenvalue weighted by Crippen LogP contribution is -2.37. The molecule has 1 aliphatic rings. The van der Waals surface area contributed by atoms with Crippen LogP contribution in [0.15, 0.2) is 15.7 Å². The number of hydrogen-bond donors (Lipinski definition) is 3. The highest BCUT2D eigenvalue weighted by Gasteiger charge is 2.36. The van der Waals surface area contributed by atoms with Gasteiger partial charge >= 0.3 is 5.69 Å². The number of carbonyl (C=O) groups excluding carboxylic acids is 1. The molecule has 2 rings (SSSR count). The summed E-state index contributed by atoms with van der Waals surface area (Å²) in [6.45, 7) is -0.303. The number of ether oxygens (including phenoxy) is 1. The van der Waals surface area contributed by atoms with Crippen molar-refractivity contribution in [2.45, 2.75) is 24.9 Å². The van der Waals surface area contributed by atoms with Crippen molar-refractivity contribution < 1.29 is 19.7 Å². The van der Waals surface area contributed by atoms with E-state index in [4.69, 9.17) is 9.84 Å². The molecule has 98 valence electrons. The van der Waals surface area contributed by atoms with Crippen molar-refractivity contribution in [2.24, 2.45) is 0 Å². The summed E-state index contributed by atoms with van der Waals surface area (Å²) < 4.78 is 6.12. The second-order valence-corrected chi connectivity index (χ2v) is 3.99. The summed E-state index contributed by atoms with van der Waals surface area (Å²) in [5.41, 5.74) is -1.73. The predicted molar refractivity (Wildman–Crippen MR) is 58.3 cm³/mol. The zero-order valence-electron chi connectivity index (χ0n) is 9.28. The van der Waals surface area contributed by atoms with Crippen LogP contribution in [0, 0.1) is 0 Å². The molecule has 1 unspecified atom stereocenters. The zero-order chi connectivity index (χ0) is 13.3. The zero-order valence-corrected chi connectivity index (χ0v) is 9.28. The van der Waals surface area contributed by atoms with Crippen LogP contribution in [0.3, 0.4) is 0 Å². The Morgan fingerprint density at radius 2 is 2.28 bits per heavy atom. The van der Waals surface area contributed by atoms with Crippen LogP contribution >= 0.6 is 0 Å². The predicted octanol–water partition coefficient (Wildman–Crippen LogP) is -2.01. The van der Waals surface area contributed by atoms with E-state index in [1.54, 1.807) is 0 Å². The Labute approximate surface area is 100 Å². The maximum atomic E-state index is 11.6. The standard InChI is InChI=1S/C10H12N2O6/c13-3-5-1-8(16)11-10(17)12(5)9-7(15)2-6(4-14)18-9/h1,3,6-7,9,14-15H,2,4H2,(H,11,16,17)/t6-,7?,9+/m1/s1. The molecule has 1 fully saturated rings. The Hall–Kier alpha value is -1.77. The summed E-state index contributed by atoms with van der Waals surface area (Å²) >= 11 is 0. The third-order valence-electron chi connectivity index (χ3n) is 2.75. The van der Waals surface area contributed by atoms with Gasteiger partial charge in [-0.15, -0.1) is 0 Å². The van der Waals surface area contributed by atoms with E-state index >= 15 is 0 Å². The Balaban J connectivity index is 2.48. The molecule has 0 bridgehead atoms. The van der Waals surface area contributed by atoms with E-state index in [1.165, 1.54) is 0 Å². The van der Waals surface area contributed by atoms with Crippen molar-refractivity contribution in [3.63, 3.8) is 0 Å². The molecule has 0 spiro atoms. The van der Waals surface area contributed by atoms with Crippen molar-refractivity contribution in [2.75, 3.05) is 6.61 Å². The summed E-state index contributed by atoms with van der Waals surface area (Å²) in [5.74, 6) is 0. The monoisotopic (exact) mass is 256 g/mol. The minimum absolute atomic E-state index is 0.144. The number of aromatic nitrogens is 2. The fourth-order valence-electron chi connectivity index (χ4n) is 1.96. The van der Waals surface area contributed by atoms with Crippen LogP contribution in [0.1, 0.15) is 23.1 Å². The molecule has 18 heavy (non-hydrogen) atoms. The van der Waals surface area contributed by atoms with Gasteiger partial charge in [-0.3, -0.25) is 19.1 Å². The first-order chi connectivity index (χ1) is 8.56. The molecular formula is C10H12N2O6. The molecule has 3 N–H and O–H groups in total. The highest BCUT2D eigenvalue weighted by molar-refractivity contribution is 5.71. The average Bonchev–Trinajstić information content (AvgIpc) is 2.69. The van der Waals surface area contributed by atoms with E-state index in [0.717, 1.165) is 10.6 Å². The molecule has 0 aromatic carbocycles. The number of H-pyrrole nitrogens is 1. The number of nitrogens with zero attached hydrogens (tertiary/aromatic N) is 1. The first-order valence-corrected chi connectivity index (χ1v) is 5.32. The van der Waals surface area contributed by atoms with Crippen LogP contribution in [0.4, 0.5) is 0 Å². The first kappa shape index (κ1) is 12.7. The topological polar surface area (TPSA) is 122 Å². The van der Waals surface area contributed by atoms with Crippen LogP contribution in [0.2, 0.25) is 0 Å². The van der Waals surface area contributed by atoms with Gasteiger partial charge in [0.25, 0.3) is 5.56 Å². The smallest absolute Gasteiger partial charge is 0.331 e. The van der Waals surface area contributed by atoms with E-state index < -0.39 is 29.7 Å². The van der Waals surface area contributed by atoms with Crippen molar-refractivity contribution in [3.05, 3.63) is 32.6 Å². The van der Waals surface area contributed by atoms with E-state index in [-0.39, 0.29) is 18.7 Å². The minimum atomic E-state index is -1.09. The fraction of sp³-hybridized carbons (Fsp3) is 0.500. The second-order valence-electron chi connectivity index (χ2n) is 3.99. The van der Waals surface area contributed by atoms with Gasteiger partial charge < -0.3 is 14.9 Å². The third-order valence-corrected chi connectivity index (χ3v) is 2.75. The Morgan fingerprint density at radius 3 is 2.83 bits per heavy atom. The van der Waals surface area contributed by atoms with Gasteiger partial charge in [0.1, 0.15) is 6.10 Å². The van der Waals surface area contributed by atoms with Crippen molar-refractivity contribution in [3.8, 4) is 0 Å². The third kappa shape index (κ3) is 2.13. The van der Waals surface area contributed by atoms with Gasteiger partial charge in [-0.2, -0.15) is 0 Å². The van der Waals surface area contributed by atoms with Gasteiger partial charge in [0.2, 0.25) is 0 Å². The molecule has 8 heteroatoms. The molecule has 0 saturated carbocycles. The first-order valence-electron chi connectivity index (χ1n) is 5.32. The highest BCUT2D eigenvalue weighted by Crippen LogP contribution is 2.27. The van der Waals surface area contributed by atoms with Crippen molar-refractivity contribution in [1.29, 1.82) is 0 Å². The molecule has 8 nitrogen and oxygen atoms in total. The number of carbonyl (C=O) groups is 1. The Morgan fingerprint density at radius 1 is 1.56 bits per heavy atom. The lowest BCUT2D eigenvalue weighted by Gasteiger charge is -2.18. The van der Waals surface area contributed by atoms with Gasteiger partial charge in [-0.05, 0) is 0 Å². The number of aliphatic hydroxyl groups is 2. The van der Waals surface area contributed by atoms with E-state index in [2.05, 4.69) is 0 Å². The quantitative estimate of drug-likeness (QED) is 0.537. The highest BCUT2D eigenvalue weighted by atomic mass is 16.5. The fourth-order valence-corrected chi connectivity index (χ4v) is 1.96. The summed E-state index contributed by atoms with van der Waals surface area (Å²) in [5, 5.41) is 18.7. The van der Waals surface area contributed by atoms with Crippen LogP contribution in [-0.4, -0.2) is 44.9 Å². The van der Waals surface area contributed by atoms with Crippen LogP contribution in [-0.2, 0) is 4.74 Å². The Bertz CT molecular complexity index is 562. The maximum absolute atomic E-state index is 11.6. The van der Waals surface area contributed by atoms with Crippen molar-refractivity contribution in [1.82, 2.24) is 9.55 Å². The molecule has 3 atom stereocenters. The largest absolute Gasteiger partial charge is 0.394 e. The minimum Gasteiger partial charge on any atom is -0.394 e. The van der Waals surface area contributed by atoms with E-state index in [9.17, 15) is 19.5 Å². The van der Waals surface area contributed by atoms with Gasteiger partial charge in [0.05, 0.1) is 18.4 Å². The van der Waals surface area contributed by atoms with Crippen LogP contribution in [0.5, 0.6) is 0 Å². The van der Waals surface area contributed by atoms with Gasteiger partial charge in [-0.25, -0.2) is 4.79 Å². The van der Waals surface area contributed by atoms with Crippen LogP contribution < -0.4 is 11.2 Å². The second kappa shape index (κ2) is 4.84. The maximum Gasteiger partial charge on any atom is 0.331 e. The lowest BCUT2D eigenvalue weighted by atomic mass is 10.2. The number of aldehydes is 1. The summed E-state index contributed by atoms with van der Waals surface area (Å²) in [6, 6.07) is 0.941. The van der Waals surface area contributed by atoms with Gasteiger partial charge in [-0.1, -0.05) is 0 Å². The molecule has 0 radical (unpaired) electrons. The lowest BCUT2D eigenvalue weighted by molar-refractivity contribution is -0.0536. The van der Waals surface area contributed by atoms with Crippen LogP contribution in [0.25, 0.3) is 0 Å². The average molecular weight is 256 g/mol. The van der Waals surface area contributed by atoms with Crippen molar-refractivity contribution >= 4 is 6.29 Å². The van der Waals surface area contributed by atoms with Gasteiger partial charge in [0, 0.05) is 12.5 Å². The Kier molecular flexibility index (Phi) is 3.41. The summed E-state index contributed by atoms with van der Waals surface area (Å²) in [4.78, 5) is 35.5. The molecule has 1 aromatic heterocycles. The molecular weight excluding hydrogens is 244 g/mol. The molecule has 2 heterocycles. The number of rotatable bonds is 3. The number of aliphatic hydroxyl groups excluding tert-OH is 2. The summed E-state index contributed by atoms with van der Waals surface area (Å²) in [7, 11) is 0. The van der Waals surface area contributed by atoms with E-state index in [1.807, 2.05) is 4.98 Å². The molecule has 1 aromatic rings. The molecule has 1 saturated heterocycles. The normalized spacial score (nSPS) is 27.3. The van der Waals surface area contributed by atoms with Gasteiger partial charge in [0.15, 0.2) is 12.5 Å². The number of aromatic amines is 1.